The van der Waals surface area contributed by atoms with Gasteiger partial charge in [-0.25, -0.2) is 0 Å². The zero-order valence-corrected chi connectivity index (χ0v) is 17.3. The lowest BCUT2D eigenvalue weighted by Gasteiger charge is -2.35. The third kappa shape index (κ3) is 4.54. The summed E-state index contributed by atoms with van der Waals surface area (Å²) in [6, 6.07) is 15.5. The summed E-state index contributed by atoms with van der Waals surface area (Å²) >= 11 is 0. The van der Waals surface area contributed by atoms with Crippen LogP contribution in [0.1, 0.15) is 17.5 Å². The van der Waals surface area contributed by atoms with Gasteiger partial charge in [0.15, 0.2) is 0 Å². The summed E-state index contributed by atoms with van der Waals surface area (Å²) in [5.41, 5.74) is 2.94. The van der Waals surface area contributed by atoms with E-state index in [0.29, 0.717) is 11.9 Å². The Labute approximate surface area is 176 Å². The van der Waals surface area contributed by atoms with Crippen molar-refractivity contribution in [1.29, 1.82) is 0 Å². The minimum atomic E-state index is 0.210. The maximum atomic E-state index is 12.6. The van der Waals surface area contributed by atoms with Crippen LogP contribution in [0.2, 0.25) is 0 Å². The van der Waals surface area contributed by atoms with E-state index in [9.17, 15) is 9.90 Å². The number of aryl methyl sites for hydroxylation is 1. The van der Waals surface area contributed by atoms with Crippen LogP contribution < -0.4 is 4.74 Å². The Hall–Kier alpha value is -3.12. The molecule has 1 aromatic heterocycles. The number of aromatic nitrogens is 1. The maximum Gasteiger partial charge on any atom is 0.222 e. The van der Waals surface area contributed by atoms with Crippen molar-refractivity contribution in [2.45, 2.75) is 19.4 Å². The second-order valence-corrected chi connectivity index (χ2v) is 7.65. The van der Waals surface area contributed by atoms with Crippen LogP contribution in [0.3, 0.4) is 0 Å². The van der Waals surface area contributed by atoms with Crippen LogP contribution in [0.4, 0.5) is 0 Å². The van der Waals surface area contributed by atoms with Crippen molar-refractivity contribution >= 4 is 16.8 Å². The number of ether oxygens (including phenoxy) is 1. The fourth-order valence-electron chi connectivity index (χ4n) is 3.95. The van der Waals surface area contributed by atoms with Crippen molar-refractivity contribution in [2.75, 3.05) is 33.3 Å². The third-order valence-corrected chi connectivity index (χ3v) is 5.74. The summed E-state index contributed by atoms with van der Waals surface area (Å²) in [6.07, 6.45) is 2.97. The predicted octanol–water partition coefficient (Wildman–Crippen LogP) is 3.23. The molecule has 0 spiro atoms. The van der Waals surface area contributed by atoms with E-state index in [0.717, 1.165) is 61.4 Å². The number of carbonyl (C=O) groups is 1. The molecule has 4 rings (SSSR count). The van der Waals surface area contributed by atoms with E-state index in [-0.39, 0.29) is 11.7 Å². The molecule has 6 nitrogen and oxygen atoms in total. The fourth-order valence-corrected chi connectivity index (χ4v) is 3.95. The van der Waals surface area contributed by atoms with E-state index in [2.05, 4.69) is 9.88 Å². The summed E-state index contributed by atoms with van der Waals surface area (Å²) in [5, 5.41) is 11.0. The zero-order chi connectivity index (χ0) is 20.9. The number of methoxy groups -OCH3 is 1. The molecule has 1 aliphatic rings. The van der Waals surface area contributed by atoms with Gasteiger partial charge in [0.25, 0.3) is 0 Å². The molecule has 156 valence electrons. The van der Waals surface area contributed by atoms with E-state index in [1.165, 1.54) is 0 Å². The SMILES string of the molecule is COc1ccc(CCC(=O)N2CCN(Cc3ccc(O)c4ncccc34)CC2)cc1. The minimum Gasteiger partial charge on any atom is -0.506 e. The number of benzene rings is 2. The molecule has 2 heterocycles. The minimum absolute atomic E-state index is 0.210. The number of hydrogen-bond donors (Lipinski definition) is 1. The van der Waals surface area contributed by atoms with E-state index >= 15 is 0 Å². The molecule has 6 heteroatoms. The first kappa shape index (κ1) is 20.2. The highest BCUT2D eigenvalue weighted by molar-refractivity contribution is 5.87. The molecule has 0 radical (unpaired) electrons. The van der Waals surface area contributed by atoms with Crippen molar-refractivity contribution in [3.8, 4) is 11.5 Å². The largest absolute Gasteiger partial charge is 0.506 e. The topological polar surface area (TPSA) is 65.9 Å². The number of pyridine rings is 1. The molecule has 1 saturated heterocycles. The number of piperazine rings is 1. The van der Waals surface area contributed by atoms with Crippen molar-refractivity contribution < 1.29 is 14.6 Å². The zero-order valence-electron chi connectivity index (χ0n) is 17.3. The second-order valence-electron chi connectivity index (χ2n) is 7.65. The molecule has 1 aliphatic heterocycles. The number of amides is 1. The van der Waals surface area contributed by atoms with Crippen LogP contribution in [0.15, 0.2) is 54.7 Å². The molecule has 0 bridgehead atoms. The van der Waals surface area contributed by atoms with Gasteiger partial charge in [0, 0.05) is 50.7 Å². The van der Waals surface area contributed by atoms with E-state index in [1.54, 1.807) is 19.4 Å². The van der Waals surface area contributed by atoms with Gasteiger partial charge in [0.05, 0.1) is 7.11 Å². The number of carbonyl (C=O) groups excluding carboxylic acids is 1. The third-order valence-electron chi connectivity index (χ3n) is 5.74. The quantitative estimate of drug-likeness (QED) is 0.682. The van der Waals surface area contributed by atoms with Crippen molar-refractivity contribution in [2.24, 2.45) is 0 Å². The van der Waals surface area contributed by atoms with Gasteiger partial charge in [-0.15, -0.1) is 0 Å². The van der Waals surface area contributed by atoms with Crippen LogP contribution in [0.25, 0.3) is 10.9 Å². The Balaban J connectivity index is 1.29. The van der Waals surface area contributed by atoms with Gasteiger partial charge in [-0.05, 0) is 41.8 Å². The van der Waals surface area contributed by atoms with Gasteiger partial charge in [-0.2, -0.15) is 0 Å². The molecule has 30 heavy (non-hydrogen) atoms. The number of aromatic hydroxyl groups is 1. The van der Waals surface area contributed by atoms with Crippen LogP contribution >= 0.6 is 0 Å². The number of phenolic OH excluding ortho intramolecular Hbond substituents is 1. The molecule has 3 aromatic rings. The standard InChI is InChI=1S/C24H27N3O3/c1-30-20-8-4-18(5-9-20)6-11-23(29)27-15-13-26(14-16-27)17-19-7-10-22(28)24-21(19)3-2-12-25-24/h2-5,7-10,12,28H,6,11,13-17H2,1H3. The highest BCUT2D eigenvalue weighted by atomic mass is 16.5. The molecule has 1 fully saturated rings. The summed E-state index contributed by atoms with van der Waals surface area (Å²) in [6.45, 7) is 3.97. The number of nitrogens with zero attached hydrogens (tertiary/aromatic N) is 3. The fraction of sp³-hybridized carbons (Fsp3) is 0.333. The maximum absolute atomic E-state index is 12.6. The Morgan fingerprint density at radius 2 is 1.83 bits per heavy atom. The van der Waals surface area contributed by atoms with E-state index in [4.69, 9.17) is 4.74 Å². The monoisotopic (exact) mass is 405 g/mol. The summed E-state index contributed by atoms with van der Waals surface area (Å²) in [7, 11) is 1.65. The first-order chi connectivity index (χ1) is 14.6. The second kappa shape index (κ2) is 9.13. The highest BCUT2D eigenvalue weighted by Crippen LogP contribution is 2.26. The van der Waals surface area contributed by atoms with E-state index < -0.39 is 0 Å². The number of rotatable bonds is 6. The van der Waals surface area contributed by atoms with Crippen molar-refractivity contribution in [3.63, 3.8) is 0 Å². The van der Waals surface area contributed by atoms with Gasteiger partial charge in [0.2, 0.25) is 5.91 Å². The lowest BCUT2D eigenvalue weighted by Crippen LogP contribution is -2.48. The Kier molecular flexibility index (Phi) is 6.14. The summed E-state index contributed by atoms with van der Waals surface area (Å²) in [4.78, 5) is 21.2. The molecule has 0 saturated carbocycles. The van der Waals surface area contributed by atoms with Gasteiger partial charge < -0.3 is 14.7 Å². The molecule has 1 N–H and O–H groups in total. The molecule has 0 unspecified atom stereocenters. The van der Waals surface area contributed by atoms with Gasteiger partial charge in [0.1, 0.15) is 17.0 Å². The number of phenols is 1. The molecular weight excluding hydrogens is 378 g/mol. The first-order valence-electron chi connectivity index (χ1n) is 10.3. The number of fused-ring (bicyclic) bond motifs is 1. The molecule has 0 aliphatic carbocycles. The smallest absolute Gasteiger partial charge is 0.222 e. The molecule has 0 atom stereocenters. The Bertz CT molecular complexity index is 1010. The molecular formula is C24H27N3O3. The first-order valence-corrected chi connectivity index (χ1v) is 10.3. The Morgan fingerprint density at radius 1 is 1.07 bits per heavy atom. The molecule has 1 amide bonds. The summed E-state index contributed by atoms with van der Waals surface area (Å²) < 4.78 is 5.18. The highest BCUT2D eigenvalue weighted by Gasteiger charge is 2.21. The van der Waals surface area contributed by atoms with Crippen LogP contribution in [-0.4, -0.2) is 59.1 Å². The van der Waals surface area contributed by atoms with Crippen LogP contribution in [0.5, 0.6) is 11.5 Å². The lowest BCUT2D eigenvalue weighted by atomic mass is 10.1. The van der Waals surface area contributed by atoms with Gasteiger partial charge in [-0.1, -0.05) is 24.3 Å². The lowest BCUT2D eigenvalue weighted by molar-refractivity contribution is -0.133. The van der Waals surface area contributed by atoms with Crippen LogP contribution in [-0.2, 0) is 17.8 Å². The van der Waals surface area contributed by atoms with Crippen LogP contribution in [0, 0.1) is 0 Å². The average Bonchev–Trinajstić information content (AvgIpc) is 2.80. The van der Waals surface area contributed by atoms with E-state index in [1.807, 2.05) is 47.4 Å². The molecule has 2 aromatic carbocycles. The van der Waals surface area contributed by atoms with Gasteiger partial charge in [-0.3, -0.25) is 14.7 Å². The van der Waals surface area contributed by atoms with Crippen molar-refractivity contribution in [1.82, 2.24) is 14.8 Å². The normalized spacial score (nSPS) is 14.8. The average molecular weight is 405 g/mol. The summed E-state index contributed by atoms with van der Waals surface area (Å²) in [5.74, 6) is 1.25. The Morgan fingerprint density at radius 3 is 2.57 bits per heavy atom. The predicted molar refractivity (Wildman–Crippen MR) is 117 cm³/mol. The van der Waals surface area contributed by atoms with Gasteiger partial charge >= 0.3 is 0 Å². The number of hydrogen-bond acceptors (Lipinski definition) is 5. The van der Waals surface area contributed by atoms with Crippen molar-refractivity contribution in [3.05, 3.63) is 65.9 Å².